The number of nitrogens with one attached hydrogen (secondary N) is 2. The molecule has 12 nitrogen and oxygen atoms in total. The number of aromatic nitrogens is 4. The zero-order valence-corrected chi connectivity index (χ0v) is 22.1. The Hall–Kier alpha value is -5.26. The summed E-state index contributed by atoms with van der Waals surface area (Å²) in [5.74, 6) is 0.548. The number of carbonyl (C=O) groups excluding carboxylic acids is 2. The number of hydrogen-bond acceptors (Lipinski definition) is 9. The molecule has 204 valence electrons. The van der Waals surface area contributed by atoms with E-state index in [9.17, 15) is 14.4 Å². The van der Waals surface area contributed by atoms with Crippen LogP contribution in [0.25, 0.3) is 16.9 Å². The number of nitrogens with zero attached hydrogens (tertiary/aromatic N) is 6. The highest BCUT2D eigenvalue weighted by Crippen LogP contribution is 2.32. The molecule has 1 fully saturated rings. The van der Waals surface area contributed by atoms with E-state index in [1.54, 1.807) is 38.3 Å². The van der Waals surface area contributed by atoms with E-state index in [4.69, 9.17) is 4.74 Å². The predicted molar refractivity (Wildman–Crippen MR) is 153 cm³/mol. The second kappa shape index (κ2) is 11.2. The monoisotopic (exact) mass is 540 g/mol. The van der Waals surface area contributed by atoms with Crippen molar-refractivity contribution in [3.63, 3.8) is 0 Å². The van der Waals surface area contributed by atoms with E-state index in [-0.39, 0.29) is 23.4 Å². The molecule has 0 saturated carbocycles. The van der Waals surface area contributed by atoms with Gasteiger partial charge in [0.15, 0.2) is 5.65 Å². The second-order valence-corrected chi connectivity index (χ2v) is 9.08. The molecule has 1 saturated heterocycles. The van der Waals surface area contributed by atoms with Crippen molar-refractivity contribution in [1.82, 2.24) is 24.4 Å². The van der Waals surface area contributed by atoms with Crippen LogP contribution in [-0.4, -0.2) is 69.5 Å². The maximum absolute atomic E-state index is 12.9. The molecule has 0 aliphatic carbocycles. The first-order valence-corrected chi connectivity index (χ1v) is 12.6. The molecule has 2 N–H and O–H groups in total. The molecule has 0 unspecified atom stereocenters. The van der Waals surface area contributed by atoms with Gasteiger partial charge in [-0.15, -0.1) is 0 Å². The Labute approximate surface area is 229 Å². The number of carbonyl (C=O) groups is 2. The first-order valence-electron chi connectivity index (χ1n) is 12.6. The number of hydrogen-bond donors (Lipinski definition) is 2. The summed E-state index contributed by atoms with van der Waals surface area (Å²) >= 11 is 0. The van der Waals surface area contributed by atoms with Crippen molar-refractivity contribution in [3.05, 3.63) is 77.9 Å². The molecular weight excluding hydrogens is 512 g/mol. The molecule has 2 aromatic carbocycles. The summed E-state index contributed by atoms with van der Waals surface area (Å²) in [5, 5.41) is 5.87. The molecule has 1 aliphatic rings. The van der Waals surface area contributed by atoms with Gasteiger partial charge in [-0.1, -0.05) is 12.6 Å². The third-order valence-electron chi connectivity index (χ3n) is 6.58. The second-order valence-electron chi connectivity index (χ2n) is 9.08. The third-order valence-corrected chi connectivity index (χ3v) is 6.58. The molecule has 0 bridgehead atoms. The minimum absolute atomic E-state index is 0.0833. The summed E-state index contributed by atoms with van der Waals surface area (Å²) in [7, 11) is 1.58. The Morgan fingerprint density at radius 3 is 2.55 bits per heavy atom. The minimum Gasteiger partial charge on any atom is -0.494 e. The molecular formula is C28H28N8O4. The summed E-state index contributed by atoms with van der Waals surface area (Å²) in [5.41, 5.74) is 2.92. The van der Waals surface area contributed by atoms with Crippen LogP contribution in [0.15, 0.2) is 72.3 Å². The number of anilines is 4. The lowest BCUT2D eigenvalue weighted by Gasteiger charge is -2.35. The van der Waals surface area contributed by atoms with E-state index in [1.807, 2.05) is 23.1 Å². The van der Waals surface area contributed by atoms with E-state index in [0.717, 1.165) is 18.8 Å². The van der Waals surface area contributed by atoms with Crippen molar-refractivity contribution >= 4 is 46.0 Å². The average molecular weight is 541 g/mol. The number of piperazine rings is 1. The van der Waals surface area contributed by atoms with Crippen molar-refractivity contribution < 1.29 is 14.3 Å². The number of fused-ring (bicyclic) bond motifs is 1. The molecule has 3 heterocycles. The van der Waals surface area contributed by atoms with Gasteiger partial charge in [-0.05, 0) is 36.4 Å². The molecule has 5 rings (SSSR count). The van der Waals surface area contributed by atoms with Crippen molar-refractivity contribution in [2.45, 2.75) is 6.92 Å². The van der Waals surface area contributed by atoms with E-state index < -0.39 is 5.56 Å². The maximum atomic E-state index is 12.9. The Kier molecular flexibility index (Phi) is 7.40. The average Bonchev–Trinajstić information content (AvgIpc) is 2.97. The lowest BCUT2D eigenvalue weighted by molar-refractivity contribution is -0.129. The predicted octanol–water partition coefficient (Wildman–Crippen LogP) is 2.72. The fraction of sp³-hybridized carbons (Fsp3) is 0.214. The number of ether oxygens (including phenoxy) is 1. The topological polar surface area (TPSA) is 135 Å². The van der Waals surface area contributed by atoms with Gasteiger partial charge in [0.25, 0.3) is 5.56 Å². The van der Waals surface area contributed by atoms with Gasteiger partial charge in [-0.25, -0.2) is 9.97 Å². The Morgan fingerprint density at radius 2 is 1.82 bits per heavy atom. The van der Waals surface area contributed by atoms with Gasteiger partial charge >= 0.3 is 0 Å². The molecule has 2 aromatic heterocycles. The van der Waals surface area contributed by atoms with Gasteiger partial charge < -0.3 is 25.2 Å². The molecule has 12 heteroatoms. The highest BCUT2D eigenvalue weighted by molar-refractivity contribution is 5.99. The SMILES string of the molecule is C=CC(=O)Nc1cccc(-n2c(=O)cnc3cnc(Nc4ccc(N5CCN(C(C)=O)CC5)cc4OC)nc32)c1. The fourth-order valence-electron chi connectivity index (χ4n) is 4.51. The van der Waals surface area contributed by atoms with Gasteiger partial charge in [0.05, 0.1) is 30.9 Å². The Morgan fingerprint density at radius 1 is 1.02 bits per heavy atom. The van der Waals surface area contributed by atoms with Crippen LogP contribution in [0.4, 0.5) is 23.0 Å². The highest BCUT2D eigenvalue weighted by Gasteiger charge is 2.20. The Bertz CT molecular complexity index is 1660. The van der Waals surface area contributed by atoms with Crippen molar-refractivity contribution in [2.75, 3.05) is 48.8 Å². The van der Waals surface area contributed by atoms with Crippen molar-refractivity contribution in [3.8, 4) is 11.4 Å². The van der Waals surface area contributed by atoms with Crippen LogP contribution in [-0.2, 0) is 9.59 Å². The van der Waals surface area contributed by atoms with Crippen LogP contribution < -0.4 is 25.8 Å². The first-order chi connectivity index (χ1) is 19.4. The molecule has 4 aromatic rings. The fourth-order valence-corrected chi connectivity index (χ4v) is 4.51. The van der Waals surface area contributed by atoms with Crippen LogP contribution in [0, 0.1) is 0 Å². The van der Waals surface area contributed by atoms with Crippen LogP contribution >= 0.6 is 0 Å². The zero-order valence-electron chi connectivity index (χ0n) is 22.1. The lowest BCUT2D eigenvalue weighted by atomic mass is 10.2. The minimum atomic E-state index is -0.392. The summed E-state index contributed by atoms with van der Waals surface area (Å²) < 4.78 is 7.05. The quantitative estimate of drug-likeness (QED) is 0.339. The highest BCUT2D eigenvalue weighted by atomic mass is 16.5. The smallest absolute Gasteiger partial charge is 0.275 e. The van der Waals surface area contributed by atoms with E-state index in [1.165, 1.54) is 23.0 Å². The van der Waals surface area contributed by atoms with Crippen LogP contribution in [0.5, 0.6) is 5.75 Å². The number of amides is 2. The van der Waals surface area contributed by atoms with Gasteiger partial charge in [0.1, 0.15) is 11.3 Å². The van der Waals surface area contributed by atoms with Gasteiger partial charge in [-0.3, -0.25) is 19.0 Å². The molecule has 0 spiro atoms. The standard InChI is InChI=1S/C28H28N8O4/c1-4-25(38)31-19-6-5-7-21(14-19)36-26(39)17-29-23-16-30-28(33-27(23)36)32-22-9-8-20(15-24(22)40-3)35-12-10-34(11-13-35)18(2)37/h4-9,14-17H,1,10-13H2,2-3H3,(H,31,38)(H,30,32,33). The number of benzene rings is 2. The van der Waals surface area contributed by atoms with Gasteiger partial charge in [-0.2, -0.15) is 4.98 Å². The van der Waals surface area contributed by atoms with E-state index in [0.29, 0.717) is 41.4 Å². The molecule has 1 aliphatic heterocycles. The summed E-state index contributed by atoms with van der Waals surface area (Å²) in [6, 6.07) is 12.6. The van der Waals surface area contributed by atoms with Gasteiger partial charge in [0.2, 0.25) is 17.8 Å². The Balaban J connectivity index is 1.44. The normalized spacial score (nSPS) is 13.2. The number of methoxy groups -OCH3 is 1. The van der Waals surface area contributed by atoms with Crippen LogP contribution in [0.2, 0.25) is 0 Å². The molecule has 0 atom stereocenters. The summed E-state index contributed by atoms with van der Waals surface area (Å²) in [4.78, 5) is 53.5. The largest absolute Gasteiger partial charge is 0.494 e. The molecule has 40 heavy (non-hydrogen) atoms. The summed E-state index contributed by atoms with van der Waals surface area (Å²) in [6.45, 7) is 7.84. The lowest BCUT2D eigenvalue weighted by Crippen LogP contribution is -2.48. The molecule has 2 amide bonds. The summed E-state index contributed by atoms with van der Waals surface area (Å²) in [6.07, 6.45) is 3.90. The maximum Gasteiger partial charge on any atom is 0.275 e. The molecule has 0 radical (unpaired) electrons. The van der Waals surface area contributed by atoms with E-state index >= 15 is 0 Å². The zero-order chi connectivity index (χ0) is 28.2. The van der Waals surface area contributed by atoms with E-state index in [2.05, 4.69) is 37.1 Å². The van der Waals surface area contributed by atoms with Gasteiger partial charge in [0, 0.05) is 50.5 Å². The van der Waals surface area contributed by atoms with Crippen molar-refractivity contribution in [2.24, 2.45) is 0 Å². The first kappa shape index (κ1) is 26.4. The third kappa shape index (κ3) is 5.46. The van der Waals surface area contributed by atoms with Crippen LogP contribution in [0.3, 0.4) is 0 Å². The van der Waals surface area contributed by atoms with Crippen molar-refractivity contribution in [1.29, 1.82) is 0 Å². The van der Waals surface area contributed by atoms with Crippen LogP contribution in [0.1, 0.15) is 6.92 Å². The number of rotatable bonds is 7.